The molecule has 0 aromatic carbocycles. The van der Waals surface area contributed by atoms with Crippen LogP contribution in [-0.4, -0.2) is 11.9 Å². The van der Waals surface area contributed by atoms with Crippen LogP contribution in [0.1, 0.15) is 13.3 Å². The molecule has 0 saturated carbocycles. The average Bonchev–Trinajstić information content (AvgIpc) is 1.83. The highest BCUT2D eigenvalue weighted by atomic mass is 14.4. The van der Waals surface area contributed by atoms with Gasteiger partial charge >= 0.3 is 0 Å². The highest BCUT2D eigenvalue weighted by Gasteiger charge is 1.79. The average molecular weight is 110 g/mol. The minimum absolute atomic E-state index is 0.563. The molecule has 0 bridgehead atoms. The Morgan fingerprint density at radius 1 is 1.62 bits per heavy atom. The van der Waals surface area contributed by atoms with Gasteiger partial charge in [-0.1, -0.05) is 6.92 Å². The lowest BCUT2D eigenvalue weighted by Crippen LogP contribution is -1.84. The summed E-state index contributed by atoms with van der Waals surface area (Å²) in [4.78, 5) is 0. The number of hydrogen-bond acceptors (Lipinski definition) is 2. The summed E-state index contributed by atoms with van der Waals surface area (Å²) in [5.74, 6) is 0. The zero-order valence-corrected chi connectivity index (χ0v) is 4.94. The van der Waals surface area contributed by atoms with E-state index in [0.717, 1.165) is 6.42 Å². The summed E-state index contributed by atoms with van der Waals surface area (Å²) in [5, 5.41) is 13.6. The fourth-order valence-corrected chi connectivity index (χ4v) is 0.282. The quantitative estimate of drug-likeness (QED) is 0.519. The van der Waals surface area contributed by atoms with Crippen LogP contribution in [0.15, 0.2) is 12.2 Å². The molecule has 0 aromatic heterocycles. The van der Waals surface area contributed by atoms with Crippen molar-refractivity contribution in [3.63, 3.8) is 0 Å². The van der Waals surface area contributed by atoms with Crippen molar-refractivity contribution >= 4 is 11.9 Å². The lowest BCUT2D eigenvalue weighted by Gasteiger charge is -1.83. The molecule has 0 saturated heterocycles. The Morgan fingerprint density at radius 2 is 2.25 bits per heavy atom. The van der Waals surface area contributed by atoms with Crippen LogP contribution in [-0.2, 0) is 0 Å². The molecule has 2 N–H and O–H groups in total. The van der Waals surface area contributed by atoms with Gasteiger partial charge < -0.3 is 10.8 Å². The minimum atomic E-state index is 0.563. The van der Waals surface area contributed by atoms with Crippen LogP contribution in [0.4, 0.5) is 0 Å². The largest absolute Gasteiger partial charge is 0.309 e. The highest BCUT2D eigenvalue weighted by molar-refractivity contribution is 5.94. The van der Waals surface area contributed by atoms with Gasteiger partial charge in [0.15, 0.2) is 0 Å². The first-order valence-corrected chi connectivity index (χ1v) is 2.55. The van der Waals surface area contributed by atoms with Crippen molar-refractivity contribution in [1.29, 1.82) is 10.8 Å². The molecule has 0 rings (SSSR count). The first-order valence-electron chi connectivity index (χ1n) is 2.55. The van der Waals surface area contributed by atoms with Crippen molar-refractivity contribution in [1.82, 2.24) is 0 Å². The number of nitrogens with one attached hydrogen (secondary N) is 2. The first-order chi connectivity index (χ1) is 3.81. The molecule has 0 heterocycles. The van der Waals surface area contributed by atoms with Crippen molar-refractivity contribution in [2.24, 2.45) is 0 Å². The number of allylic oxidation sites excluding steroid dienone is 2. The van der Waals surface area contributed by atoms with Gasteiger partial charge in [0.2, 0.25) is 0 Å². The van der Waals surface area contributed by atoms with Crippen molar-refractivity contribution in [2.45, 2.75) is 13.3 Å². The fourth-order valence-electron chi connectivity index (χ4n) is 0.282. The lowest BCUT2D eigenvalue weighted by molar-refractivity contribution is 1.26. The van der Waals surface area contributed by atoms with Gasteiger partial charge in [-0.25, -0.2) is 0 Å². The molecule has 2 heteroatoms. The van der Waals surface area contributed by atoms with Crippen LogP contribution in [0, 0.1) is 10.8 Å². The van der Waals surface area contributed by atoms with E-state index >= 15 is 0 Å². The van der Waals surface area contributed by atoms with E-state index in [9.17, 15) is 0 Å². The normalized spacial score (nSPS) is 9.62. The van der Waals surface area contributed by atoms with Gasteiger partial charge in [0.25, 0.3) is 0 Å². The van der Waals surface area contributed by atoms with E-state index in [1.807, 2.05) is 6.92 Å². The van der Waals surface area contributed by atoms with Gasteiger partial charge in [-0.2, -0.15) is 0 Å². The molecule has 0 aliphatic rings. The highest BCUT2D eigenvalue weighted by Crippen LogP contribution is 1.81. The fraction of sp³-hybridized carbons (Fsp3) is 0.333. The minimum Gasteiger partial charge on any atom is -0.309 e. The summed E-state index contributed by atoms with van der Waals surface area (Å²) >= 11 is 0. The zero-order valence-electron chi connectivity index (χ0n) is 4.94. The second-order valence-corrected chi connectivity index (χ2v) is 1.40. The van der Waals surface area contributed by atoms with Crippen LogP contribution < -0.4 is 0 Å². The smallest absolute Gasteiger partial charge is 0.0311 e. The standard InChI is InChI=1S/C6H10N2/c1-2-6(8)4-3-5-7/h3-5,7-8H,2H2,1H3/b4-3-,7-5?,8-6?. The van der Waals surface area contributed by atoms with Gasteiger partial charge in [0.05, 0.1) is 0 Å². The summed E-state index contributed by atoms with van der Waals surface area (Å²) in [6.45, 7) is 1.91. The van der Waals surface area contributed by atoms with Crippen LogP contribution in [0.5, 0.6) is 0 Å². The Balaban J connectivity index is 3.52. The maximum absolute atomic E-state index is 7.05. The molecule has 0 atom stereocenters. The molecular formula is C6H10N2. The third-order valence-electron chi connectivity index (χ3n) is 0.775. The van der Waals surface area contributed by atoms with Crippen molar-refractivity contribution in [3.05, 3.63) is 12.2 Å². The summed E-state index contributed by atoms with van der Waals surface area (Å²) in [7, 11) is 0. The first kappa shape index (κ1) is 7.08. The molecule has 2 nitrogen and oxygen atoms in total. The van der Waals surface area contributed by atoms with E-state index in [1.54, 1.807) is 12.2 Å². The van der Waals surface area contributed by atoms with Crippen molar-refractivity contribution in [3.8, 4) is 0 Å². The van der Waals surface area contributed by atoms with Gasteiger partial charge in [-0.3, -0.25) is 0 Å². The van der Waals surface area contributed by atoms with Crippen LogP contribution >= 0.6 is 0 Å². The topological polar surface area (TPSA) is 47.7 Å². The maximum Gasteiger partial charge on any atom is 0.0311 e. The van der Waals surface area contributed by atoms with Gasteiger partial charge in [-0.15, -0.1) is 0 Å². The molecule has 8 heavy (non-hydrogen) atoms. The number of rotatable bonds is 3. The Hall–Kier alpha value is -0.920. The predicted octanol–water partition coefficient (Wildman–Crippen LogP) is 1.62. The molecule has 0 spiro atoms. The maximum atomic E-state index is 7.05. The Kier molecular flexibility index (Phi) is 3.76. The van der Waals surface area contributed by atoms with Gasteiger partial charge in [0, 0.05) is 11.9 Å². The summed E-state index contributed by atoms with van der Waals surface area (Å²) < 4.78 is 0. The molecule has 0 aliphatic heterocycles. The Bertz CT molecular complexity index is 114. The van der Waals surface area contributed by atoms with E-state index < -0.39 is 0 Å². The summed E-state index contributed by atoms with van der Waals surface area (Å²) in [6, 6.07) is 0. The monoisotopic (exact) mass is 110 g/mol. The van der Waals surface area contributed by atoms with E-state index in [4.69, 9.17) is 10.8 Å². The van der Waals surface area contributed by atoms with Gasteiger partial charge in [0.1, 0.15) is 0 Å². The lowest BCUT2D eigenvalue weighted by atomic mass is 10.3. The van der Waals surface area contributed by atoms with E-state index in [-0.39, 0.29) is 0 Å². The molecule has 0 aromatic rings. The second kappa shape index (κ2) is 4.24. The van der Waals surface area contributed by atoms with Crippen LogP contribution in [0.3, 0.4) is 0 Å². The van der Waals surface area contributed by atoms with Crippen molar-refractivity contribution < 1.29 is 0 Å². The zero-order chi connectivity index (χ0) is 6.41. The van der Waals surface area contributed by atoms with Crippen LogP contribution in [0.2, 0.25) is 0 Å². The molecule has 0 unspecified atom stereocenters. The second-order valence-electron chi connectivity index (χ2n) is 1.40. The van der Waals surface area contributed by atoms with E-state index in [0.29, 0.717) is 5.71 Å². The van der Waals surface area contributed by atoms with E-state index in [2.05, 4.69) is 0 Å². The Morgan fingerprint density at radius 3 is 2.62 bits per heavy atom. The third-order valence-corrected chi connectivity index (χ3v) is 0.775. The molecular weight excluding hydrogens is 100 g/mol. The molecule has 0 fully saturated rings. The van der Waals surface area contributed by atoms with E-state index in [1.165, 1.54) is 6.21 Å². The van der Waals surface area contributed by atoms with Crippen LogP contribution in [0.25, 0.3) is 0 Å². The molecule has 44 valence electrons. The number of hydrogen-bond donors (Lipinski definition) is 2. The summed E-state index contributed by atoms with van der Waals surface area (Å²) in [6.07, 6.45) is 5.08. The third kappa shape index (κ3) is 3.28. The SMILES string of the molecule is CCC(=N)/C=C\C=N. The van der Waals surface area contributed by atoms with Crippen molar-refractivity contribution in [2.75, 3.05) is 0 Å². The predicted molar refractivity (Wildman–Crippen MR) is 35.9 cm³/mol. The molecule has 0 radical (unpaired) electrons. The molecule has 0 aliphatic carbocycles. The van der Waals surface area contributed by atoms with Gasteiger partial charge in [-0.05, 0) is 18.6 Å². The summed E-state index contributed by atoms with van der Waals surface area (Å²) in [5.41, 5.74) is 0.563. The molecule has 0 amide bonds. The Labute approximate surface area is 49.2 Å².